The first-order valence-corrected chi connectivity index (χ1v) is 7.15. The molecule has 0 fully saturated rings. The molecule has 0 bridgehead atoms. The number of aromatic nitrogens is 2. The minimum absolute atomic E-state index is 0.251. The van der Waals surface area contributed by atoms with Gasteiger partial charge in [-0.05, 0) is 12.8 Å². The second-order valence-electron chi connectivity index (χ2n) is 4.41. The third kappa shape index (κ3) is 2.85. The summed E-state index contributed by atoms with van der Waals surface area (Å²) in [6.45, 7) is 1.24. The normalized spacial score (nSPS) is 16.2. The third-order valence-electron chi connectivity index (χ3n) is 2.87. The fourth-order valence-corrected chi connectivity index (χ4v) is 2.44. The topological polar surface area (TPSA) is 67.2 Å². The maximum Gasteiger partial charge on any atom is 0.279 e. The molecule has 0 spiro atoms. The zero-order chi connectivity index (χ0) is 12.5. The van der Waals surface area contributed by atoms with Crippen molar-refractivity contribution < 1.29 is 8.42 Å². The van der Waals surface area contributed by atoms with Crippen LogP contribution in [0.25, 0.3) is 0 Å². The largest absolute Gasteiger partial charge is 0.335 e. The van der Waals surface area contributed by atoms with E-state index in [1.807, 2.05) is 6.20 Å². The number of rotatable bonds is 4. The van der Waals surface area contributed by atoms with Gasteiger partial charge in [-0.1, -0.05) is 0 Å². The molecule has 2 rings (SSSR count). The van der Waals surface area contributed by atoms with Crippen LogP contribution < -0.4 is 4.72 Å². The maximum atomic E-state index is 11.5. The first kappa shape index (κ1) is 12.5. The zero-order valence-electron chi connectivity index (χ0n) is 10.2. The molecule has 0 saturated carbocycles. The molecule has 1 aliphatic rings. The van der Waals surface area contributed by atoms with Crippen molar-refractivity contribution in [1.82, 2.24) is 18.6 Å². The Morgan fingerprint density at radius 2 is 2.24 bits per heavy atom. The number of nitrogens with zero attached hydrogens (tertiary/aromatic N) is 3. The summed E-state index contributed by atoms with van der Waals surface area (Å²) < 4.78 is 28.8. The SMILES string of the molecule is CN(C)S(=O)(=O)NCc1cn2c(n1)CCCC2. The molecule has 0 atom stereocenters. The highest BCUT2D eigenvalue weighted by Gasteiger charge is 2.15. The first-order chi connectivity index (χ1) is 7.99. The number of fused-ring (bicyclic) bond motifs is 1. The van der Waals surface area contributed by atoms with Gasteiger partial charge >= 0.3 is 0 Å². The molecule has 0 amide bonds. The van der Waals surface area contributed by atoms with Gasteiger partial charge in [-0.3, -0.25) is 0 Å². The van der Waals surface area contributed by atoms with Gasteiger partial charge in [-0.2, -0.15) is 17.4 Å². The van der Waals surface area contributed by atoms with E-state index in [4.69, 9.17) is 0 Å². The summed E-state index contributed by atoms with van der Waals surface area (Å²) in [6.07, 6.45) is 5.26. The van der Waals surface area contributed by atoms with E-state index in [1.165, 1.54) is 26.9 Å². The number of hydrogen-bond donors (Lipinski definition) is 1. The van der Waals surface area contributed by atoms with Gasteiger partial charge in [0.25, 0.3) is 10.2 Å². The summed E-state index contributed by atoms with van der Waals surface area (Å²) >= 11 is 0. The molecule has 0 aliphatic carbocycles. The summed E-state index contributed by atoms with van der Waals surface area (Å²) in [6, 6.07) is 0. The highest BCUT2D eigenvalue weighted by molar-refractivity contribution is 7.87. The molecule has 0 unspecified atom stereocenters. The predicted molar refractivity (Wildman–Crippen MR) is 64.6 cm³/mol. The second kappa shape index (κ2) is 4.75. The van der Waals surface area contributed by atoms with Crippen molar-refractivity contribution in [3.05, 3.63) is 17.7 Å². The van der Waals surface area contributed by atoms with Crippen LogP contribution in [-0.4, -0.2) is 36.4 Å². The van der Waals surface area contributed by atoms with Gasteiger partial charge in [-0.25, -0.2) is 4.98 Å². The van der Waals surface area contributed by atoms with Crippen molar-refractivity contribution in [2.45, 2.75) is 32.4 Å². The Kier molecular flexibility index (Phi) is 3.50. The van der Waals surface area contributed by atoms with E-state index >= 15 is 0 Å². The van der Waals surface area contributed by atoms with Crippen LogP contribution in [0.5, 0.6) is 0 Å². The Balaban J connectivity index is 2.03. The van der Waals surface area contributed by atoms with Crippen molar-refractivity contribution in [3.63, 3.8) is 0 Å². The second-order valence-corrected chi connectivity index (χ2v) is 6.38. The Morgan fingerprint density at radius 3 is 2.88 bits per heavy atom. The number of hydrogen-bond acceptors (Lipinski definition) is 3. The van der Waals surface area contributed by atoms with Crippen molar-refractivity contribution in [2.24, 2.45) is 0 Å². The Morgan fingerprint density at radius 1 is 1.47 bits per heavy atom. The summed E-state index contributed by atoms with van der Waals surface area (Å²) in [5.41, 5.74) is 0.785. The lowest BCUT2D eigenvalue weighted by Crippen LogP contribution is -2.35. The molecule has 1 aromatic heterocycles. The third-order valence-corrected chi connectivity index (χ3v) is 4.35. The Hall–Kier alpha value is -0.920. The Labute approximate surface area is 102 Å². The maximum absolute atomic E-state index is 11.5. The van der Waals surface area contributed by atoms with Gasteiger partial charge in [0, 0.05) is 33.3 Å². The monoisotopic (exact) mass is 258 g/mol. The van der Waals surface area contributed by atoms with E-state index in [-0.39, 0.29) is 6.54 Å². The van der Waals surface area contributed by atoms with Gasteiger partial charge < -0.3 is 4.57 Å². The summed E-state index contributed by atoms with van der Waals surface area (Å²) in [5, 5.41) is 0. The molecule has 7 heteroatoms. The van der Waals surface area contributed by atoms with Crippen molar-refractivity contribution in [1.29, 1.82) is 0 Å². The fourth-order valence-electron chi connectivity index (χ4n) is 1.85. The molecule has 1 N–H and O–H groups in total. The van der Waals surface area contributed by atoms with Crippen LogP contribution in [0.4, 0.5) is 0 Å². The molecular weight excluding hydrogens is 240 g/mol. The number of aryl methyl sites for hydroxylation is 2. The van der Waals surface area contributed by atoms with Crippen molar-refractivity contribution >= 4 is 10.2 Å². The van der Waals surface area contributed by atoms with Crippen LogP contribution in [-0.2, 0) is 29.7 Å². The van der Waals surface area contributed by atoms with E-state index < -0.39 is 10.2 Å². The number of imidazole rings is 1. The van der Waals surface area contributed by atoms with E-state index in [0.29, 0.717) is 0 Å². The minimum atomic E-state index is -3.36. The van der Waals surface area contributed by atoms with Gasteiger partial charge in [-0.15, -0.1) is 0 Å². The van der Waals surface area contributed by atoms with Crippen LogP contribution >= 0.6 is 0 Å². The van der Waals surface area contributed by atoms with Crippen LogP contribution in [0.15, 0.2) is 6.20 Å². The highest BCUT2D eigenvalue weighted by atomic mass is 32.2. The van der Waals surface area contributed by atoms with Gasteiger partial charge in [0.05, 0.1) is 12.2 Å². The van der Waals surface area contributed by atoms with E-state index in [0.717, 1.165) is 28.8 Å². The van der Waals surface area contributed by atoms with Crippen LogP contribution in [0.2, 0.25) is 0 Å². The first-order valence-electron chi connectivity index (χ1n) is 5.71. The van der Waals surface area contributed by atoms with E-state index in [9.17, 15) is 8.42 Å². The standard InChI is InChI=1S/C10H18N4O2S/c1-13(2)17(15,16)11-7-9-8-14-6-4-3-5-10(14)12-9/h8,11H,3-7H2,1-2H3. The molecule has 1 aliphatic heterocycles. The van der Waals surface area contributed by atoms with Crippen LogP contribution in [0, 0.1) is 0 Å². The lowest BCUT2D eigenvalue weighted by molar-refractivity contribution is 0.504. The van der Waals surface area contributed by atoms with Crippen molar-refractivity contribution in [2.75, 3.05) is 14.1 Å². The lowest BCUT2D eigenvalue weighted by atomic mass is 10.2. The fraction of sp³-hybridized carbons (Fsp3) is 0.700. The summed E-state index contributed by atoms with van der Waals surface area (Å²) in [4.78, 5) is 4.43. The lowest BCUT2D eigenvalue weighted by Gasteiger charge is -2.11. The molecule has 2 heterocycles. The molecule has 17 heavy (non-hydrogen) atoms. The van der Waals surface area contributed by atoms with Crippen LogP contribution in [0.3, 0.4) is 0 Å². The van der Waals surface area contributed by atoms with E-state index in [2.05, 4.69) is 14.3 Å². The molecule has 0 radical (unpaired) electrons. The van der Waals surface area contributed by atoms with E-state index in [1.54, 1.807) is 0 Å². The molecule has 0 aromatic carbocycles. The average Bonchev–Trinajstić information content (AvgIpc) is 2.69. The summed E-state index contributed by atoms with van der Waals surface area (Å²) in [5.74, 6) is 1.07. The van der Waals surface area contributed by atoms with Gasteiger partial charge in [0.1, 0.15) is 5.82 Å². The molecular formula is C10H18N4O2S. The number of nitrogens with one attached hydrogen (secondary N) is 1. The molecule has 1 aromatic rings. The van der Waals surface area contributed by atoms with Crippen molar-refractivity contribution in [3.8, 4) is 0 Å². The quantitative estimate of drug-likeness (QED) is 0.834. The average molecular weight is 258 g/mol. The molecule has 0 saturated heterocycles. The molecule has 6 nitrogen and oxygen atoms in total. The van der Waals surface area contributed by atoms with Gasteiger partial charge in [0.15, 0.2) is 0 Å². The highest BCUT2D eigenvalue weighted by Crippen LogP contribution is 2.14. The molecule has 96 valence electrons. The predicted octanol–water partition coefficient (Wildman–Crippen LogP) is 0.115. The van der Waals surface area contributed by atoms with Crippen LogP contribution in [0.1, 0.15) is 24.4 Å². The zero-order valence-corrected chi connectivity index (χ0v) is 11.0. The summed E-state index contributed by atoms with van der Waals surface area (Å²) in [7, 11) is -0.363. The minimum Gasteiger partial charge on any atom is -0.335 e. The van der Waals surface area contributed by atoms with Gasteiger partial charge in [0.2, 0.25) is 0 Å². The smallest absolute Gasteiger partial charge is 0.279 e. The Bertz CT molecular complexity index is 469.